The number of benzene rings is 1. The normalized spacial score (nSPS) is 24.1. The molecule has 1 saturated heterocycles. The lowest BCUT2D eigenvalue weighted by molar-refractivity contribution is 0.108. The van der Waals surface area contributed by atoms with Gasteiger partial charge in [0.15, 0.2) is 0 Å². The largest absolute Gasteiger partial charge is 0.395 e. The number of hydrogen-bond donors (Lipinski definition) is 2. The fourth-order valence-electron chi connectivity index (χ4n) is 2.91. The van der Waals surface area contributed by atoms with Crippen molar-refractivity contribution in [2.75, 3.05) is 13.2 Å². The number of rotatable bonds is 4. The standard InChI is InChI=1S/C14H21ClN2O/c1-10(16)14(11-4-2-5-12(15)8-11)17-7-3-6-13(17)9-18/h2,4-5,8,10,13-14,18H,3,6-7,9,16H2,1H3. The molecule has 0 saturated carbocycles. The molecule has 100 valence electrons. The maximum atomic E-state index is 9.46. The summed E-state index contributed by atoms with van der Waals surface area (Å²) in [6.07, 6.45) is 2.16. The summed E-state index contributed by atoms with van der Waals surface area (Å²) < 4.78 is 0. The smallest absolute Gasteiger partial charge is 0.0587 e. The van der Waals surface area contributed by atoms with Crippen LogP contribution in [0.3, 0.4) is 0 Å². The second-order valence-electron chi connectivity index (χ2n) is 5.08. The second kappa shape index (κ2) is 6.02. The number of halogens is 1. The summed E-state index contributed by atoms with van der Waals surface area (Å²) in [7, 11) is 0. The maximum absolute atomic E-state index is 9.46. The van der Waals surface area contributed by atoms with Gasteiger partial charge in [0.2, 0.25) is 0 Å². The molecule has 1 fully saturated rings. The minimum Gasteiger partial charge on any atom is -0.395 e. The molecule has 2 rings (SSSR count). The molecule has 3 N–H and O–H groups in total. The van der Waals surface area contributed by atoms with Crippen molar-refractivity contribution in [1.29, 1.82) is 0 Å². The molecule has 1 aromatic rings. The molecule has 0 radical (unpaired) electrons. The zero-order valence-corrected chi connectivity index (χ0v) is 11.5. The molecule has 3 unspecified atom stereocenters. The van der Waals surface area contributed by atoms with E-state index >= 15 is 0 Å². The van der Waals surface area contributed by atoms with Gasteiger partial charge in [0.05, 0.1) is 12.6 Å². The Balaban J connectivity index is 2.28. The number of nitrogens with zero attached hydrogens (tertiary/aromatic N) is 1. The molecule has 18 heavy (non-hydrogen) atoms. The van der Waals surface area contributed by atoms with Gasteiger partial charge < -0.3 is 10.8 Å². The van der Waals surface area contributed by atoms with Gasteiger partial charge in [-0.2, -0.15) is 0 Å². The Morgan fingerprint density at radius 2 is 2.33 bits per heavy atom. The molecule has 0 amide bonds. The minimum atomic E-state index is 0.00983. The van der Waals surface area contributed by atoms with E-state index in [9.17, 15) is 5.11 Å². The monoisotopic (exact) mass is 268 g/mol. The van der Waals surface area contributed by atoms with Gasteiger partial charge in [0, 0.05) is 17.1 Å². The van der Waals surface area contributed by atoms with Crippen LogP contribution in [0.1, 0.15) is 31.4 Å². The minimum absolute atomic E-state index is 0.00983. The summed E-state index contributed by atoms with van der Waals surface area (Å²) in [5.74, 6) is 0. The van der Waals surface area contributed by atoms with Gasteiger partial charge >= 0.3 is 0 Å². The number of aliphatic hydroxyl groups is 1. The molecule has 3 nitrogen and oxygen atoms in total. The van der Waals surface area contributed by atoms with E-state index in [4.69, 9.17) is 17.3 Å². The fraction of sp³-hybridized carbons (Fsp3) is 0.571. The Morgan fingerprint density at radius 3 is 2.94 bits per heavy atom. The quantitative estimate of drug-likeness (QED) is 0.880. The summed E-state index contributed by atoms with van der Waals surface area (Å²) in [6.45, 7) is 3.20. The van der Waals surface area contributed by atoms with Gasteiger partial charge in [-0.3, -0.25) is 4.90 Å². The Labute approximate surface area is 114 Å². The molecule has 0 bridgehead atoms. The zero-order valence-electron chi connectivity index (χ0n) is 10.7. The van der Waals surface area contributed by atoms with Crippen molar-refractivity contribution in [2.45, 2.75) is 37.9 Å². The van der Waals surface area contributed by atoms with Gasteiger partial charge in [-0.15, -0.1) is 0 Å². The first-order valence-electron chi connectivity index (χ1n) is 6.51. The Morgan fingerprint density at radius 1 is 1.56 bits per heavy atom. The summed E-state index contributed by atoms with van der Waals surface area (Å²) in [4.78, 5) is 2.32. The molecule has 1 aromatic carbocycles. The van der Waals surface area contributed by atoms with E-state index in [-0.39, 0.29) is 24.7 Å². The highest BCUT2D eigenvalue weighted by atomic mass is 35.5. The van der Waals surface area contributed by atoms with E-state index in [1.54, 1.807) is 0 Å². The topological polar surface area (TPSA) is 49.5 Å². The lowest BCUT2D eigenvalue weighted by atomic mass is 9.98. The van der Waals surface area contributed by atoms with Crippen molar-refractivity contribution in [3.8, 4) is 0 Å². The van der Waals surface area contributed by atoms with Crippen LogP contribution in [0.5, 0.6) is 0 Å². The van der Waals surface area contributed by atoms with Crippen molar-refractivity contribution in [2.24, 2.45) is 5.73 Å². The predicted molar refractivity (Wildman–Crippen MR) is 74.7 cm³/mol. The van der Waals surface area contributed by atoms with Crippen molar-refractivity contribution in [1.82, 2.24) is 4.90 Å². The Bertz CT molecular complexity index is 397. The van der Waals surface area contributed by atoms with Crippen LogP contribution in [0.2, 0.25) is 5.02 Å². The summed E-state index contributed by atoms with van der Waals surface area (Å²) in [5, 5.41) is 10.2. The molecular weight excluding hydrogens is 248 g/mol. The lowest BCUT2D eigenvalue weighted by Crippen LogP contribution is -2.43. The van der Waals surface area contributed by atoms with Crippen LogP contribution < -0.4 is 5.73 Å². The summed E-state index contributed by atoms with van der Waals surface area (Å²) in [5.41, 5.74) is 7.29. The van der Waals surface area contributed by atoms with Gasteiger partial charge in [0.1, 0.15) is 0 Å². The first-order valence-corrected chi connectivity index (χ1v) is 6.89. The molecule has 1 aliphatic rings. The lowest BCUT2D eigenvalue weighted by Gasteiger charge is -2.35. The average molecular weight is 269 g/mol. The van der Waals surface area contributed by atoms with Gasteiger partial charge in [-0.1, -0.05) is 23.7 Å². The maximum Gasteiger partial charge on any atom is 0.0587 e. The molecule has 1 heterocycles. The fourth-order valence-corrected chi connectivity index (χ4v) is 3.11. The number of aliphatic hydroxyl groups excluding tert-OH is 1. The van der Waals surface area contributed by atoms with E-state index < -0.39 is 0 Å². The first-order chi connectivity index (χ1) is 8.63. The molecule has 0 aliphatic carbocycles. The summed E-state index contributed by atoms with van der Waals surface area (Å²) in [6, 6.07) is 8.22. The number of hydrogen-bond acceptors (Lipinski definition) is 3. The van der Waals surface area contributed by atoms with Crippen molar-refractivity contribution < 1.29 is 5.11 Å². The molecular formula is C14H21ClN2O. The van der Waals surface area contributed by atoms with E-state index in [1.807, 2.05) is 25.1 Å². The zero-order chi connectivity index (χ0) is 13.1. The number of likely N-dealkylation sites (tertiary alicyclic amines) is 1. The predicted octanol–water partition coefficient (Wildman–Crippen LogP) is 2.19. The summed E-state index contributed by atoms with van der Waals surface area (Å²) >= 11 is 6.06. The molecule has 1 aliphatic heterocycles. The van der Waals surface area contributed by atoms with Crippen LogP contribution >= 0.6 is 11.6 Å². The molecule has 4 heteroatoms. The van der Waals surface area contributed by atoms with Gasteiger partial charge in [-0.05, 0) is 44.0 Å². The Hall–Kier alpha value is -0.610. The first kappa shape index (κ1) is 13.8. The molecule has 0 aromatic heterocycles. The van der Waals surface area contributed by atoms with Gasteiger partial charge in [-0.25, -0.2) is 0 Å². The van der Waals surface area contributed by atoms with Crippen molar-refractivity contribution in [3.05, 3.63) is 34.9 Å². The highest BCUT2D eigenvalue weighted by molar-refractivity contribution is 6.30. The van der Waals surface area contributed by atoms with Crippen LogP contribution in [0.25, 0.3) is 0 Å². The Kier molecular flexibility index (Phi) is 4.62. The highest BCUT2D eigenvalue weighted by Gasteiger charge is 2.33. The van der Waals surface area contributed by atoms with Crippen LogP contribution in [-0.2, 0) is 0 Å². The van der Waals surface area contributed by atoms with Crippen LogP contribution in [-0.4, -0.2) is 35.2 Å². The third-order valence-electron chi connectivity index (χ3n) is 3.68. The van der Waals surface area contributed by atoms with Gasteiger partial charge in [0.25, 0.3) is 0 Å². The molecule has 3 atom stereocenters. The average Bonchev–Trinajstić information content (AvgIpc) is 2.77. The van der Waals surface area contributed by atoms with Crippen LogP contribution in [0.4, 0.5) is 0 Å². The van der Waals surface area contributed by atoms with Crippen LogP contribution in [0, 0.1) is 0 Å². The SMILES string of the molecule is CC(N)C(c1cccc(Cl)c1)N1CCCC1CO. The number of nitrogens with two attached hydrogens (primary N) is 1. The molecule has 0 spiro atoms. The third-order valence-corrected chi connectivity index (χ3v) is 3.91. The van der Waals surface area contributed by atoms with Crippen molar-refractivity contribution >= 4 is 11.6 Å². The van der Waals surface area contributed by atoms with E-state index in [0.717, 1.165) is 30.0 Å². The highest BCUT2D eigenvalue weighted by Crippen LogP contribution is 2.32. The van der Waals surface area contributed by atoms with E-state index in [0.29, 0.717) is 0 Å². The van der Waals surface area contributed by atoms with Crippen LogP contribution in [0.15, 0.2) is 24.3 Å². The van der Waals surface area contributed by atoms with Crippen molar-refractivity contribution in [3.63, 3.8) is 0 Å². The second-order valence-corrected chi connectivity index (χ2v) is 5.51. The third kappa shape index (κ3) is 2.86. The van der Waals surface area contributed by atoms with E-state index in [1.165, 1.54) is 0 Å². The van der Waals surface area contributed by atoms with E-state index in [2.05, 4.69) is 11.0 Å².